The molecule has 3 nitrogen and oxygen atoms in total. The van der Waals surface area contributed by atoms with E-state index in [1.807, 2.05) is 0 Å². The van der Waals surface area contributed by atoms with Crippen molar-refractivity contribution in [1.29, 1.82) is 0 Å². The fraction of sp³-hybridized carbons (Fsp3) is 0. The third-order valence-corrected chi connectivity index (χ3v) is 0.990. The largest absolute Gasteiger partial charge is 4.00 e. The molecule has 16 heavy (non-hydrogen) atoms. The van der Waals surface area contributed by atoms with Crippen molar-refractivity contribution in [3.8, 4) is 0 Å². The van der Waals surface area contributed by atoms with Gasteiger partial charge in [0.25, 0.3) is 0 Å². The summed E-state index contributed by atoms with van der Waals surface area (Å²) in [6, 6.07) is 1.02. The van der Waals surface area contributed by atoms with Crippen LogP contribution in [0.2, 0.25) is 0 Å². The predicted octanol–water partition coefficient (Wildman–Crippen LogP) is -1.77. The van der Waals surface area contributed by atoms with E-state index < -0.39 is 36.4 Å². The van der Waals surface area contributed by atoms with E-state index in [2.05, 4.69) is 0 Å². The summed E-state index contributed by atoms with van der Waals surface area (Å²) >= 11 is 0. The summed E-state index contributed by atoms with van der Waals surface area (Å²) in [7, 11) is -2.92. The Balaban J connectivity index is 0. The van der Waals surface area contributed by atoms with Gasteiger partial charge in [0.1, 0.15) is 0 Å². The van der Waals surface area contributed by atoms with Gasteiger partial charge in [-0.25, -0.2) is 13.2 Å². The van der Waals surface area contributed by atoms with Crippen LogP contribution >= 0.6 is 0 Å². The molecule has 1 rings (SSSR count). The van der Waals surface area contributed by atoms with Gasteiger partial charge in [-0.1, -0.05) is 0 Å². The third kappa shape index (κ3) is 5.57. The summed E-state index contributed by atoms with van der Waals surface area (Å²) in [6.07, 6.45) is 0. The Labute approximate surface area is 102 Å². The number of benzene rings is 1. The van der Waals surface area contributed by atoms with Crippen molar-refractivity contribution >= 4 is 7.32 Å². The maximum Gasteiger partial charge on any atom is 4.00 e. The molecule has 0 aliphatic carbocycles. The average Bonchev–Trinajstić information content (AvgIpc) is 2.11. The van der Waals surface area contributed by atoms with E-state index in [4.69, 9.17) is 15.1 Å². The quantitative estimate of drug-likeness (QED) is 0.185. The zero-order chi connectivity index (χ0) is 12.2. The first kappa shape index (κ1) is 17.9. The van der Waals surface area contributed by atoms with Crippen molar-refractivity contribution in [3.05, 3.63) is 35.2 Å². The Kier molecular flexibility index (Phi) is 8.67. The Bertz CT molecular complexity index is 322. The van der Waals surface area contributed by atoms with Crippen LogP contribution in [0.5, 0.6) is 0 Å². The van der Waals surface area contributed by atoms with Crippen LogP contribution in [0.25, 0.3) is 0 Å². The molecular formula is C6BF5O3Ti. The molecule has 0 saturated heterocycles. The molecule has 0 N–H and O–H groups in total. The maximum atomic E-state index is 12.0. The van der Waals surface area contributed by atoms with E-state index in [1.165, 1.54) is 0 Å². The molecule has 0 saturated carbocycles. The van der Waals surface area contributed by atoms with Gasteiger partial charge in [0.2, 0.25) is 0 Å². The molecular weight excluding hydrogens is 274 g/mol. The van der Waals surface area contributed by atoms with Gasteiger partial charge in [0.15, 0.2) is 0 Å². The van der Waals surface area contributed by atoms with Crippen LogP contribution in [0.4, 0.5) is 22.0 Å². The minimum Gasteiger partial charge on any atom is -0.907 e. The average molecular weight is 274 g/mol. The number of rotatable bonds is 0. The molecule has 0 spiro atoms. The van der Waals surface area contributed by atoms with Crippen molar-refractivity contribution in [1.82, 2.24) is 0 Å². The smallest absolute Gasteiger partial charge is 0.907 e. The van der Waals surface area contributed by atoms with Gasteiger partial charge in [-0.2, -0.15) is 0 Å². The number of hydrogen-bond acceptors (Lipinski definition) is 3. The zero-order valence-electron chi connectivity index (χ0n) is 7.19. The molecule has 0 atom stereocenters. The van der Waals surface area contributed by atoms with Crippen molar-refractivity contribution in [2.45, 2.75) is 0 Å². The summed E-state index contributed by atoms with van der Waals surface area (Å²) < 4.78 is 59.9. The van der Waals surface area contributed by atoms with Crippen LogP contribution in [-0.4, -0.2) is 7.32 Å². The molecule has 0 aliphatic heterocycles. The third-order valence-electron chi connectivity index (χ3n) is 0.990. The predicted molar refractivity (Wildman–Crippen MR) is 30.8 cm³/mol. The Morgan fingerprint density at radius 2 is 1.00 bits per heavy atom. The van der Waals surface area contributed by atoms with E-state index in [-0.39, 0.29) is 21.7 Å². The number of hydrogen-bond donors (Lipinski definition) is 0. The maximum absolute atomic E-state index is 12.0. The zero-order valence-corrected chi connectivity index (χ0v) is 8.75. The topological polar surface area (TPSA) is 69.2 Å². The molecule has 1 aromatic carbocycles. The second kappa shape index (κ2) is 7.75. The minimum atomic E-state index is -2.92. The molecule has 84 valence electrons. The minimum absolute atomic E-state index is 0. The van der Waals surface area contributed by atoms with Crippen LogP contribution in [0.1, 0.15) is 0 Å². The van der Waals surface area contributed by atoms with Crippen molar-refractivity contribution in [2.75, 3.05) is 0 Å². The van der Waals surface area contributed by atoms with Crippen molar-refractivity contribution < 1.29 is 58.7 Å². The van der Waals surface area contributed by atoms with Crippen LogP contribution in [0.3, 0.4) is 0 Å². The molecule has 1 aromatic rings. The Hall–Kier alpha value is -0.471. The SMILES string of the molecule is Fc1[c-]c(F)c(F)c(F)c1F.[O-]B([O-])[O-].[Ti+4]. The molecule has 0 radical (unpaired) electrons. The second-order valence-corrected chi connectivity index (χ2v) is 1.98. The first-order chi connectivity index (χ1) is 6.77. The van der Waals surface area contributed by atoms with Crippen molar-refractivity contribution in [2.24, 2.45) is 0 Å². The van der Waals surface area contributed by atoms with Crippen LogP contribution in [-0.2, 0) is 21.7 Å². The molecule has 0 heterocycles. The van der Waals surface area contributed by atoms with Crippen LogP contribution in [0, 0.1) is 35.2 Å². The van der Waals surface area contributed by atoms with Gasteiger partial charge >= 0.3 is 21.7 Å². The van der Waals surface area contributed by atoms with Gasteiger partial charge < -0.3 is 15.1 Å². The standard InChI is InChI=1S/C6F5.BO3.Ti/c7-2-1-3(8)5(10)6(11)4(2)9;2-1(3)4;/q-1;-3;+4. The Morgan fingerprint density at radius 1 is 0.750 bits per heavy atom. The molecule has 0 aliphatic rings. The first-order valence-corrected chi connectivity index (χ1v) is 3.15. The molecule has 0 fully saturated rings. The number of halogens is 5. The monoisotopic (exact) mass is 274 g/mol. The molecule has 10 heteroatoms. The van der Waals surface area contributed by atoms with E-state index in [9.17, 15) is 22.0 Å². The van der Waals surface area contributed by atoms with Crippen molar-refractivity contribution in [3.63, 3.8) is 0 Å². The fourth-order valence-electron chi connectivity index (χ4n) is 0.495. The van der Waals surface area contributed by atoms with E-state index >= 15 is 0 Å². The molecule has 0 amide bonds. The van der Waals surface area contributed by atoms with Gasteiger partial charge in [0.05, 0.1) is 29.1 Å². The summed E-state index contributed by atoms with van der Waals surface area (Å²) in [5.41, 5.74) is 0. The Morgan fingerprint density at radius 3 is 1.25 bits per heavy atom. The fourth-order valence-corrected chi connectivity index (χ4v) is 0.495. The van der Waals surface area contributed by atoms with Crippen LogP contribution < -0.4 is 15.1 Å². The first-order valence-electron chi connectivity index (χ1n) is 3.15. The summed E-state index contributed by atoms with van der Waals surface area (Å²) in [6.45, 7) is 0. The van der Waals surface area contributed by atoms with Gasteiger partial charge in [0, 0.05) is 0 Å². The van der Waals surface area contributed by atoms with E-state index in [0.29, 0.717) is 0 Å². The van der Waals surface area contributed by atoms with Gasteiger partial charge in [-0.15, -0.1) is 6.07 Å². The van der Waals surface area contributed by atoms with Crippen LogP contribution in [0.15, 0.2) is 0 Å². The van der Waals surface area contributed by atoms with Gasteiger partial charge in [-0.3, -0.25) is 16.1 Å². The summed E-state index contributed by atoms with van der Waals surface area (Å²) in [5, 5.41) is 25.2. The molecule has 0 aromatic heterocycles. The normalized spacial score (nSPS) is 8.75. The molecule has 0 unspecified atom stereocenters. The summed E-state index contributed by atoms with van der Waals surface area (Å²) in [4.78, 5) is 0. The van der Waals surface area contributed by atoms with E-state index in [1.54, 1.807) is 0 Å². The summed E-state index contributed by atoms with van der Waals surface area (Å²) in [5.74, 6) is -10.0. The second-order valence-electron chi connectivity index (χ2n) is 1.98. The van der Waals surface area contributed by atoms with E-state index in [0.717, 1.165) is 6.07 Å². The van der Waals surface area contributed by atoms with Gasteiger partial charge in [-0.05, 0) is 0 Å². The molecule has 0 bridgehead atoms.